The molecular formula is C12H12N4O5. The van der Waals surface area contributed by atoms with E-state index in [4.69, 9.17) is 9.47 Å². The third-order valence-corrected chi connectivity index (χ3v) is 2.60. The molecule has 1 aromatic heterocycles. The van der Waals surface area contributed by atoms with Crippen LogP contribution >= 0.6 is 0 Å². The highest BCUT2D eigenvalue weighted by Gasteiger charge is 2.20. The number of hydrogen-bond acceptors (Lipinski definition) is 7. The highest BCUT2D eigenvalue weighted by Crippen LogP contribution is 2.27. The molecule has 0 aliphatic heterocycles. The van der Waals surface area contributed by atoms with Crippen molar-refractivity contribution in [3.63, 3.8) is 0 Å². The maximum atomic E-state index is 11.5. The maximum Gasteiger partial charge on any atom is 0.360 e. The Bertz CT molecular complexity index is 682. The number of rotatable bonds is 5. The van der Waals surface area contributed by atoms with Gasteiger partial charge in [0.25, 0.3) is 5.69 Å². The molecule has 0 spiro atoms. The molecule has 0 aliphatic rings. The predicted octanol–water partition coefficient (Wildman–Crippen LogP) is 1.36. The third-order valence-electron chi connectivity index (χ3n) is 2.60. The number of esters is 1. The number of methoxy groups -OCH3 is 1. The molecule has 1 aromatic carbocycles. The average molecular weight is 292 g/mol. The number of carbonyl (C=O) groups excluding carboxylic acids is 1. The molecule has 0 amide bonds. The summed E-state index contributed by atoms with van der Waals surface area (Å²) in [6.45, 7) is 1.87. The summed E-state index contributed by atoms with van der Waals surface area (Å²) in [5.74, 6) is -0.295. The third kappa shape index (κ3) is 2.96. The van der Waals surface area contributed by atoms with E-state index in [9.17, 15) is 14.9 Å². The number of carbonyl (C=O) groups is 1. The molecular weight excluding hydrogens is 280 g/mol. The first-order chi connectivity index (χ1) is 10.1. The fourth-order valence-electron chi connectivity index (χ4n) is 1.65. The van der Waals surface area contributed by atoms with Crippen molar-refractivity contribution < 1.29 is 19.2 Å². The Morgan fingerprint density at radius 3 is 2.86 bits per heavy atom. The van der Waals surface area contributed by atoms with Crippen molar-refractivity contribution in [3.05, 3.63) is 40.2 Å². The van der Waals surface area contributed by atoms with E-state index in [0.29, 0.717) is 5.75 Å². The molecule has 0 bridgehead atoms. The fraction of sp³-hybridized carbons (Fsp3) is 0.250. The first kappa shape index (κ1) is 14.4. The van der Waals surface area contributed by atoms with Gasteiger partial charge in [-0.25, -0.2) is 9.48 Å². The standard InChI is InChI=1S/C12H12N4O5/c1-3-21-12(17)9-7-15(14-13-9)10-5-4-8(20-2)6-11(10)16(18)19/h4-7H,3H2,1-2H3. The van der Waals surface area contributed by atoms with Gasteiger partial charge in [-0.05, 0) is 19.1 Å². The SMILES string of the molecule is CCOC(=O)c1cn(-c2ccc(OC)cc2[N+](=O)[O-])nn1. The van der Waals surface area contributed by atoms with Gasteiger partial charge in [0.1, 0.15) is 11.4 Å². The Balaban J connectivity index is 2.42. The molecule has 21 heavy (non-hydrogen) atoms. The average Bonchev–Trinajstić information content (AvgIpc) is 2.96. The van der Waals surface area contributed by atoms with E-state index in [2.05, 4.69) is 10.3 Å². The molecule has 2 rings (SSSR count). The van der Waals surface area contributed by atoms with Crippen molar-refractivity contribution in [2.24, 2.45) is 0 Å². The summed E-state index contributed by atoms with van der Waals surface area (Å²) in [4.78, 5) is 22.1. The molecule has 0 atom stereocenters. The molecule has 0 N–H and O–H groups in total. The molecule has 2 aromatic rings. The number of benzene rings is 1. The van der Waals surface area contributed by atoms with Crippen molar-refractivity contribution in [1.82, 2.24) is 15.0 Å². The first-order valence-corrected chi connectivity index (χ1v) is 5.99. The van der Waals surface area contributed by atoms with E-state index in [1.54, 1.807) is 13.0 Å². The van der Waals surface area contributed by atoms with Crippen LogP contribution in [-0.2, 0) is 4.74 Å². The quantitative estimate of drug-likeness (QED) is 0.465. The number of aromatic nitrogens is 3. The number of nitro groups is 1. The second-order valence-electron chi connectivity index (χ2n) is 3.88. The van der Waals surface area contributed by atoms with Gasteiger partial charge in [-0.3, -0.25) is 10.1 Å². The maximum absolute atomic E-state index is 11.5. The summed E-state index contributed by atoms with van der Waals surface area (Å²) in [7, 11) is 1.41. The van der Waals surface area contributed by atoms with Crippen LogP contribution in [0.3, 0.4) is 0 Å². The summed E-state index contributed by atoms with van der Waals surface area (Å²) >= 11 is 0. The second kappa shape index (κ2) is 5.99. The van der Waals surface area contributed by atoms with Crippen LogP contribution in [0.1, 0.15) is 17.4 Å². The highest BCUT2D eigenvalue weighted by molar-refractivity contribution is 5.86. The van der Waals surface area contributed by atoms with Gasteiger partial charge >= 0.3 is 5.97 Å². The Hall–Kier alpha value is -2.97. The van der Waals surface area contributed by atoms with E-state index >= 15 is 0 Å². The minimum absolute atomic E-state index is 0.0260. The van der Waals surface area contributed by atoms with E-state index in [1.165, 1.54) is 25.4 Å². The number of ether oxygens (including phenoxy) is 2. The lowest BCUT2D eigenvalue weighted by molar-refractivity contribution is -0.384. The number of nitrogens with zero attached hydrogens (tertiary/aromatic N) is 4. The van der Waals surface area contributed by atoms with Crippen LogP contribution in [0, 0.1) is 10.1 Å². The van der Waals surface area contributed by atoms with Crippen LogP contribution < -0.4 is 4.74 Å². The lowest BCUT2D eigenvalue weighted by atomic mass is 10.2. The molecule has 110 valence electrons. The normalized spacial score (nSPS) is 10.2. The molecule has 0 unspecified atom stereocenters. The zero-order valence-electron chi connectivity index (χ0n) is 11.3. The van der Waals surface area contributed by atoms with E-state index < -0.39 is 10.9 Å². The van der Waals surface area contributed by atoms with Crippen molar-refractivity contribution in [1.29, 1.82) is 0 Å². The van der Waals surface area contributed by atoms with Crippen LogP contribution in [0.2, 0.25) is 0 Å². The topological polar surface area (TPSA) is 109 Å². The number of nitro benzene ring substituents is 1. The zero-order chi connectivity index (χ0) is 15.4. The van der Waals surface area contributed by atoms with Crippen molar-refractivity contribution in [3.8, 4) is 11.4 Å². The lowest BCUT2D eigenvalue weighted by Crippen LogP contribution is -2.05. The Labute approximate surface area is 119 Å². The number of hydrogen-bond donors (Lipinski definition) is 0. The van der Waals surface area contributed by atoms with Crippen LogP contribution in [-0.4, -0.2) is 39.6 Å². The molecule has 0 fully saturated rings. The summed E-state index contributed by atoms with van der Waals surface area (Å²) in [5, 5.41) is 18.5. The molecule has 0 aliphatic carbocycles. The first-order valence-electron chi connectivity index (χ1n) is 5.99. The van der Waals surface area contributed by atoms with Gasteiger partial charge in [0.05, 0.1) is 30.9 Å². The smallest absolute Gasteiger partial charge is 0.360 e. The predicted molar refractivity (Wildman–Crippen MR) is 70.5 cm³/mol. The minimum atomic E-state index is -0.639. The Morgan fingerprint density at radius 1 is 1.48 bits per heavy atom. The zero-order valence-corrected chi connectivity index (χ0v) is 11.3. The molecule has 1 heterocycles. The fourth-order valence-corrected chi connectivity index (χ4v) is 1.65. The summed E-state index contributed by atoms with van der Waals surface area (Å²) < 4.78 is 10.9. The van der Waals surface area contributed by atoms with Gasteiger partial charge < -0.3 is 9.47 Å². The van der Waals surface area contributed by atoms with E-state index in [0.717, 1.165) is 4.68 Å². The van der Waals surface area contributed by atoms with Crippen LogP contribution in [0.4, 0.5) is 5.69 Å². The van der Waals surface area contributed by atoms with Gasteiger partial charge in [-0.2, -0.15) is 0 Å². The molecule has 0 saturated heterocycles. The molecule has 0 saturated carbocycles. The van der Waals surface area contributed by atoms with Crippen molar-refractivity contribution in [2.45, 2.75) is 6.92 Å². The highest BCUT2D eigenvalue weighted by atomic mass is 16.6. The molecule has 9 heteroatoms. The van der Waals surface area contributed by atoms with Gasteiger partial charge in [0, 0.05) is 0 Å². The van der Waals surface area contributed by atoms with Gasteiger partial charge in [0.15, 0.2) is 5.69 Å². The van der Waals surface area contributed by atoms with E-state index in [-0.39, 0.29) is 23.7 Å². The second-order valence-corrected chi connectivity index (χ2v) is 3.88. The Kier molecular flexibility index (Phi) is 4.12. The summed E-state index contributed by atoms with van der Waals surface area (Å²) in [6.07, 6.45) is 1.27. The van der Waals surface area contributed by atoms with Crippen molar-refractivity contribution >= 4 is 11.7 Å². The summed E-state index contributed by atoms with van der Waals surface area (Å²) in [6, 6.07) is 4.27. The largest absolute Gasteiger partial charge is 0.496 e. The monoisotopic (exact) mass is 292 g/mol. The van der Waals surface area contributed by atoms with Gasteiger partial charge in [0.2, 0.25) is 0 Å². The van der Waals surface area contributed by atoms with Crippen LogP contribution in [0.15, 0.2) is 24.4 Å². The van der Waals surface area contributed by atoms with E-state index in [1.807, 2.05) is 0 Å². The van der Waals surface area contributed by atoms with Gasteiger partial charge in [-0.15, -0.1) is 5.10 Å². The minimum Gasteiger partial charge on any atom is -0.496 e. The lowest BCUT2D eigenvalue weighted by Gasteiger charge is -2.04. The molecule has 0 radical (unpaired) electrons. The van der Waals surface area contributed by atoms with Crippen LogP contribution in [0.25, 0.3) is 5.69 Å². The summed E-state index contributed by atoms with van der Waals surface area (Å²) in [5.41, 5.74) is -0.0690. The Morgan fingerprint density at radius 2 is 2.24 bits per heavy atom. The van der Waals surface area contributed by atoms with Gasteiger partial charge in [-0.1, -0.05) is 5.21 Å². The molecule has 9 nitrogen and oxygen atoms in total. The van der Waals surface area contributed by atoms with Crippen LogP contribution in [0.5, 0.6) is 5.75 Å². The van der Waals surface area contributed by atoms with Crippen molar-refractivity contribution in [2.75, 3.05) is 13.7 Å².